The number of nitrogens with one attached hydrogen (secondary N) is 2. The fraction of sp³-hybridized carbons (Fsp3) is 0.600. The normalized spacial score (nSPS) is 21.4. The summed E-state index contributed by atoms with van der Waals surface area (Å²) in [4.78, 5) is 27.2. The number of aromatic amines is 1. The second kappa shape index (κ2) is 7.25. The number of carbonyl (C=O) groups is 1. The molecule has 6 nitrogen and oxygen atoms in total. The van der Waals surface area contributed by atoms with Gasteiger partial charge in [-0.2, -0.15) is 13.2 Å². The molecule has 1 aliphatic rings. The Hall–Kier alpha value is -2.03. The highest BCUT2D eigenvalue weighted by Gasteiger charge is 2.32. The van der Waals surface area contributed by atoms with Crippen LogP contribution in [0.25, 0.3) is 0 Å². The van der Waals surface area contributed by atoms with Gasteiger partial charge in [-0.05, 0) is 37.7 Å². The summed E-state index contributed by atoms with van der Waals surface area (Å²) in [6, 6.07) is -0.0855. The van der Waals surface area contributed by atoms with E-state index >= 15 is 0 Å². The minimum Gasteiger partial charge on any atom is -0.396 e. The number of aromatic nitrogens is 1. The van der Waals surface area contributed by atoms with Crippen LogP contribution in [0.2, 0.25) is 0 Å². The third-order valence-electron chi connectivity index (χ3n) is 4.41. The van der Waals surface area contributed by atoms with Gasteiger partial charge in [0.05, 0.1) is 5.56 Å². The van der Waals surface area contributed by atoms with E-state index in [1.807, 2.05) is 4.98 Å². The molecular weight excluding hydrogens is 327 g/mol. The summed E-state index contributed by atoms with van der Waals surface area (Å²) in [5.74, 6) is 0.226. The van der Waals surface area contributed by atoms with Crippen molar-refractivity contribution in [1.82, 2.24) is 9.88 Å². The first-order valence-electron chi connectivity index (χ1n) is 7.67. The molecule has 1 saturated carbocycles. The SMILES string of the molecule is CN(C(=O)Nc1cc(C(F)(F)F)c[nH]c1=O)C1CCC(CO)CC1. The Morgan fingerprint density at radius 3 is 2.54 bits per heavy atom. The monoisotopic (exact) mass is 347 g/mol. The maximum Gasteiger partial charge on any atom is 0.417 e. The Labute approximate surface area is 136 Å². The zero-order chi connectivity index (χ0) is 17.9. The van der Waals surface area contributed by atoms with Crippen molar-refractivity contribution in [1.29, 1.82) is 0 Å². The first kappa shape index (κ1) is 18.3. The number of alkyl halides is 3. The molecule has 1 aromatic heterocycles. The average Bonchev–Trinajstić information content (AvgIpc) is 2.55. The molecule has 3 N–H and O–H groups in total. The molecule has 0 atom stereocenters. The van der Waals surface area contributed by atoms with Gasteiger partial charge in [-0.25, -0.2) is 4.79 Å². The van der Waals surface area contributed by atoms with Crippen molar-refractivity contribution in [2.45, 2.75) is 37.9 Å². The van der Waals surface area contributed by atoms with Crippen molar-refractivity contribution in [2.75, 3.05) is 19.0 Å². The van der Waals surface area contributed by atoms with E-state index in [9.17, 15) is 22.8 Å². The summed E-state index contributed by atoms with van der Waals surface area (Å²) >= 11 is 0. The zero-order valence-electron chi connectivity index (χ0n) is 13.2. The van der Waals surface area contributed by atoms with E-state index in [4.69, 9.17) is 5.11 Å². The molecule has 1 aliphatic carbocycles. The molecule has 1 aromatic rings. The Morgan fingerprint density at radius 1 is 1.38 bits per heavy atom. The molecule has 0 spiro atoms. The largest absolute Gasteiger partial charge is 0.417 e. The van der Waals surface area contributed by atoms with Gasteiger partial charge in [0.25, 0.3) is 5.56 Å². The van der Waals surface area contributed by atoms with Crippen LogP contribution in [0.15, 0.2) is 17.1 Å². The van der Waals surface area contributed by atoms with Gasteiger partial charge in [0, 0.05) is 25.9 Å². The van der Waals surface area contributed by atoms with Crippen molar-refractivity contribution in [2.24, 2.45) is 5.92 Å². The third-order valence-corrected chi connectivity index (χ3v) is 4.41. The lowest BCUT2D eigenvalue weighted by Crippen LogP contribution is -2.42. The summed E-state index contributed by atoms with van der Waals surface area (Å²) in [5, 5.41) is 11.4. The second-order valence-electron chi connectivity index (χ2n) is 6.03. The standard InChI is InChI=1S/C15H20F3N3O3/c1-21(11-4-2-9(8-22)3-5-11)14(24)20-12-6-10(15(16,17)18)7-19-13(12)23/h6-7,9,11,22H,2-5,8H2,1H3,(H,19,23)(H,20,24). The highest BCUT2D eigenvalue weighted by Crippen LogP contribution is 2.29. The van der Waals surface area contributed by atoms with E-state index in [-0.39, 0.29) is 18.6 Å². The quantitative estimate of drug-likeness (QED) is 0.785. The smallest absolute Gasteiger partial charge is 0.396 e. The minimum absolute atomic E-state index is 0.0716. The Balaban J connectivity index is 2.05. The van der Waals surface area contributed by atoms with Gasteiger partial charge in [-0.3, -0.25) is 4.79 Å². The Kier molecular flexibility index (Phi) is 5.53. The van der Waals surface area contributed by atoms with Gasteiger partial charge in [0.15, 0.2) is 0 Å². The maximum absolute atomic E-state index is 12.7. The highest BCUT2D eigenvalue weighted by molar-refractivity contribution is 5.89. The fourth-order valence-electron chi connectivity index (χ4n) is 2.82. The third kappa shape index (κ3) is 4.28. The molecule has 1 heterocycles. The number of aliphatic hydroxyl groups excluding tert-OH is 1. The first-order valence-corrected chi connectivity index (χ1v) is 7.67. The van der Waals surface area contributed by atoms with Crippen LogP contribution < -0.4 is 10.9 Å². The van der Waals surface area contributed by atoms with Gasteiger partial charge in [0.1, 0.15) is 5.69 Å². The van der Waals surface area contributed by atoms with E-state index in [1.165, 1.54) is 4.90 Å². The lowest BCUT2D eigenvalue weighted by Gasteiger charge is -2.34. The van der Waals surface area contributed by atoms with Crippen LogP contribution in [0, 0.1) is 5.92 Å². The zero-order valence-corrected chi connectivity index (χ0v) is 13.2. The lowest BCUT2D eigenvalue weighted by atomic mass is 9.86. The Morgan fingerprint density at radius 2 is 2.00 bits per heavy atom. The molecule has 2 rings (SSSR count). The van der Waals surface area contributed by atoms with Crippen LogP contribution in [0.1, 0.15) is 31.2 Å². The molecule has 0 radical (unpaired) electrons. The number of aliphatic hydroxyl groups is 1. The molecule has 2 amide bonds. The molecule has 9 heteroatoms. The molecule has 0 aromatic carbocycles. The molecule has 0 aliphatic heterocycles. The second-order valence-corrected chi connectivity index (χ2v) is 6.03. The summed E-state index contributed by atoms with van der Waals surface area (Å²) < 4.78 is 38.1. The molecule has 134 valence electrons. The first-order chi connectivity index (χ1) is 11.2. The van der Waals surface area contributed by atoms with E-state index in [0.717, 1.165) is 12.8 Å². The number of rotatable bonds is 3. The van der Waals surface area contributed by atoms with Crippen molar-refractivity contribution in [3.05, 3.63) is 28.2 Å². The van der Waals surface area contributed by atoms with E-state index < -0.39 is 29.0 Å². The summed E-state index contributed by atoms with van der Waals surface area (Å²) in [6.07, 6.45) is -1.08. The summed E-state index contributed by atoms with van der Waals surface area (Å²) in [5.41, 5.74) is -2.28. The fourth-order valence-corrected chi connectivity index (χ4v) is 2.82. The number of anilines is 1. The van der Waals surface area contributed by atoms with Crippen LogP contribution in [0.5, 0.6) is 0 Å². The topological polar surface area (TPSA) is 85.4 Å². The number of hydrogen-bond acceptors (Lipinski definition) is 3. The van der Waals surface area contributed by atoms with Gasteiger partial charge in [0.2, 0.25) is 0 Å². The van der Waals surface area contributed by atoms with Gasteiger partial charge in [-0.15, -0.1) is 0 Å². The Bertz CT molecular complexity index is 637. The van der Waals surface area contributed by atoms with E-state index in [1.54, 1.807) is 7.05 Å². The highest BCUT2D eigenvalue weighted by atomic mass is 19.4. The van der Waals surface area contributed by atoms with E-state index in [2.05, 4.69) is 5.32 Å². The minimum atomic E-state index is -4.61. The van der Waals surface area contributed by atoms with Crippen LogP contribution in [0.3, 0.4) is 0 Å². The maximum atomic E-state index is 12.7. The number of carbonyl (C=O) groups excluding carboxylic acids is 1. The van der Waals surface area contributed by atoms with Crippen LogP contribution in [-0.4, -0.2) is 40.7 Å². The molecule has 24 heavy (non-hydrogen) atoms. The van der Waals surface area contributed by atoms with Crippen LogP contribution in [-0.2, 0) is 6.18 Å². The van der Waals surface area contributed by atoms with Crippen molar-refractivity contribution >= 4 is 11.7 Å². The number of urea groups is 1. The van der Waals surface area contributed by atoms with Crippen molar-refractivity contribution in [3.63, 3.8) is 0 Å². The number of halogens is 3. The lowest BCUT2D eigenvalue weighted by molar-refractivity contribution is -0.137. The number of pyridine rings is 1. The predicted molar refractivity (Wildman–Crippen MR) is 81.7 cm³/mol. The van der Waals surface area contributed by atoms with Gasteiger partial charge in [-0.1, -0.05) is 0 Å². The van der Waals surface area contributed by atoms with Crippen molar-refractivity contribution in [3.8, 4) is 0 Å². The molecular formula is C15H20F3N3O3. The molecule has 0 saturated heterocycles. The molecule has 0 unspecified atom stereocenters. The molecule has 0 bridgehead atoms. The number of H-pyrrole nitrogens is 1. The van der Waals surface area contributed by atoms with Gasteiger partial charge >= 0.3 is 12.2 Å². The number of amides is 2. The average molecular weight is 347 g/mol. The van der Waals surface area contributed by atoms with Crippen molar-refractivity contribution < 1.29 is 23.1 Å². The molecule has 1 fully saturated rings. The number of hydrogen-bond donors (Lipinski definition) is 3. The van der Waals surface area contributed by atoms with Crippen LogP contribution >= 0.6 is 0 Å². The summed E-state index contributed by atoms with van der Waals surface area (Å²) in [6.45, 7) is 0.113. The predicted octanol–water partition coefficient (Wildman–Crippen LogP) is 2.41. The van der Waals surface area contributed by atoms with Gasteiger partial charge < -0.3 is 20.3 Å². The van der Waals surface area contributed by atoms with E-state index in [0.29, 0.717) is 25.1 Å². The van der Waals surface area contributed by atoms with Crippen LogP contribution in [0.4, 0.5) is 23.7 Å². The number of nitrogens with zero attached hydrogens (tertiary/aromatic N) is 1. The summed E-state index contributed by atoms with van der Waals surface area (Å²) in [7, 11) is 1.54.